The van der Waals surface area contributed by atoms with E-state index >= 15 is 0 Å². The lowest BCUT2D eigenvalue weighted by Crippen LogP contribution is -2.36. The van der Waals surface area contributed by atoms with Crippen LogP contribution in [0.15, 0.2) is 65.9 Å². The highest BCUT2D eigenvalue weighted by molar-refractivity contribution is 14.0. The average molecular weight is 493 g/mol. The van der Waals surface area contributed by atoms with Gasteiger partial charge < -0.3 is 10.6 Å². The molecule has 28 heavy (non-hydrogen) atoms. The van der Waals surface area contributed by atoms with E-state index in [0.29, 0.717) is 18.7 Å². The van der Waals surface area contributed by atoms with Crippen molar-refractivity contribution in [2.24, 2.45) is 4.99 Å². The molecule has 3 rings (SSSR count). The van der Waals surface area contributed by atoms with Gasteiger partial charge in [-0.25, -0.2) is 14.1 Å². The Balaban J connectivity index is 0.00000280. The van der Waals surface area contributed by atoms with Crippen molar-refractivity contribution in [3.05, 3.63) is 83.4 Å². The molecule has 2 aromatic carbocycles. The molecule has 0 aliphatic heterocycles. The quantitative estimate of drug-likeness (QED) is 0.308. The van der Waals surface area contributed by atoms with Crippen molar-refractivity contribution >= 4 is 29.9 Å². The summed E-state index contributed by atoms with van der Waals surface area (Å²) in [4.78, 5) is 4.59. The highest BCUT2D eigenvalue weighted by Gasteiger charge is 2.02. The summed E-state index contributed by atoms with van der Waals surface area (Å²) >= 11 is 0. The Labute approximate surface area is 182 Å². The fourth-order valence-electron chi connectivity index (χ4n) is 2.69. The Kier molecular flexibility index (Phi) is 8.43. The summed E-state index contributed by atoms with van der Waals surface area (Å²) in [7, 11) is 0. The summed E-state index contributed by atoms with van der Waals surface area (Å²) < 4.78 is 15.2. The maximum Gasteiger partial charge on any atom is 0.191 e. The molecule has 1 aromatic heterocycles. The Morgan fingerprint density at radius 1 is 1.11 bits per heavy atom. The average Bonchev–Trinajstić information content (AvgIpc) is 3.22. The second kappa shape index (κ2) is 10.8. The normalized spacial score (nSPS) is 11.0. The van der Waals surface area contributed by atoms with Gasteiger partial charge in [-0.2, -0.15) is 5.10 Å². The largest absolute Gasteiger partial charge is 0.357 e. The first-order valence-electron chi connectivity index (χ1n) is 9.02. The summed E-state index contributed by atoms with van der Waals surface area (Å²) in [5.74, 6) is 0.543. The second-order valence-electron chi connectivity index (χ2n) is 6.25. The summed E-state index contributed by atoms with van der Waals surface area (Å²) in [5, 5.41) is 10.8. The van der Waals surface area contributed by atoms with E-state index in [0.717, 1.165) is 29.3 Å². The van der Waals surface area contributed by atoms with Gasteiger partial charge in [0, 0.05) is 25.5 Å². The topological polar surface area (TPSA) is 54.2 Å². The molecule has 148 valence electrons. The van der Waals surface area contributed by atoms with E-state index in [4.69, 9.17) is 0 Å². The third-order valence-corrected chi connectivity index (χ3v) is 4.15. The lowest BCUT2D eigenvalue weighted by Gasteiger charge is -2.12. The van der Waals surface area contributed by atoms with Crippen LogP contribution in [0.2, 0.25) is 0 Å². The van der Waals surface area contributed by atoms with Crippen LogP contribution in [-0.2, 0) is 13.1 Å². The molecule has 2 N–H and O–H groups in total. The molecule has 7 heteroatoms. The van der Waals surface area contributed by atoms with E-state index < -0.39 is 0 Å². The number of hydrogen-bond donors (Lipinski definition) is 2. The number of halogens is 2. The number of benzene rings is 2. The SMILES string of the molecule is CCNC(=NCc1ccc(F)c(C)c1)NCc1ccc(-n2cccn2)cc1.I. The van der Waals surface area contributed by atoms with Crippen LogP contribution in [0.3, 0.4) is 0 Å². The molecule has 0 bridgehead atoms. The van der Waals surface area contributed by atoms with Gasteiger partial charge in [-0.15, -0.1) is 24.0 Å². The summed E-state index contributed by atoms with van der Waals surface area (Å²) in [6, 6.07) is 15.2. The monoisotopic (exact) mass is 493 g/mol. The van der Waals surface area contributed by atoms with Gasteiger partial charge >= 0.3 is 0 Å². The second-order valence-corrected chi connectivity index (χ2v) is 6.25. The van der Waals surface area contributed by atoms with Gasteiger partial charge in [0.1, 0.15) is 5.82 Å². The standard InChI is InChI=1S/C21H24FN5.HI/c1-3-23-21(25-15-18-7-10-20(22)16(2)13-18)24-14-17-5-8-19(9-6-17)27-12-4-11-26-27;/h4-13H,3,14-15H2,1-2H3,(H2,23,24,25);1H. The molecule has 3 aromatic rings. The Morgan fingerprint density at radius 3 is 2.50 bits per heavy atom. The van der Waals surface area contributed by atoms with E-state index in [1.165, 1.54) is 6.07 Å². The van der Waals surface area contributed by atoms with Crippen LogP contribution in [0.4, 0.5) is 4.39 Å². The molecular formula is C21H25FIN5. The van der Waals surface area contributed by atoms with Gasteiger partial charge in [-0.3, -0.25) is 0 Å². The Morgan fingerprint density at radius 2 is 1.86 bits per heavy atom. The number of aryl methyl sites for hydroxylation is 1. The molecule has 0 fully saturated rings. The number of nitrogens with one attached hydrogen (secondary N) is 2. The molecule has 0 aliphatic carbocycles. The van der Waals surface area contributed by atoms with E-state index in [9.17, 15) is 4.39 Å². The summed E-state index contributed by atoms with van der Waals surface area (Å²) in [5.41, 5.74) is 3.79. The maximum absolute atomic E-state index is 13.4. The van der Waals surface area contributed by atoms with Crippen LogP contribution in [0.5, 0.6) is 0 Å². The molecule has 0 atom stereocenters. The molecule has 0 saturated carbocycles. The van der Waals surface area contributed by atoms with Gasteiger partial charge in [0.25, 0.3) is 0 Å². The fraction of sp³-hybridized carbons (Fsp3) is 0.238. The number of hydrogen-bond acceptors (Lipinski definition) is 2. The number of aliphatic imine (C=N–C) groups is 1. The minimum atomic E-state index is -0.189. The lowest BCUT2D eigenvalue weighted by molar-refractivity contribution is 0.617. The van der Waals surface area contributed by atoms with Crippen LogP contribution in [0.1, 0.15) is 23.6 Å². The number of aromatic nitrogens is 2. The molecule has 0 spiro atoms. The van der Waals surface area contributed by atoms with Gasteiger partial charge in [0.2, 0.25) is 0 Å². The molecular weight excluding hydrogens is 468 g/mol. The van der Waals surface area contributed by atoms with Gasteiger partial charge in [-0.1, -0.05) is 24.3 Å². The van der Waals surface area contributed by atoms with Crippen molar-refractivity contribution < 1.29 is 4.39 Å². The highest BCUT2D eigenvalue weighted by atomic mass is 127. The predicted molar refractivity (Wildman–Crippen MR) is 122 cm³/mol. The van der Waals surface area contributed by atoms with Crippen molar-refractivity contribution in [2.75, 3.05) is 6.54 Å². The highest BCUT2D eigenvalue weighted by Crippen LogP contribution is 2.10. The van der Waals surface area contributed by atoms with Crippen LogP contribution < -0.4 is 10.6 Å². The summed E-state index contributed by atoms with van der Waals surface area (Å²) in [6.07, 6.45) is 3.68. The van der Waals surface area contributed by atoms with Crippen molar-refractivity contribution in [2.45, 2.75) is 26.9 Å². The van der Waals surface area contributed by atoms with Gasteiger partial charge in [0.15, 0.2) is 5.96 Å². The Hall–Kier alpha value is -2.42. The first-order valence-corrected chi connectivity index (χ1v) is 9.02. The van der Waals surface area contributed by atoms with Crippen LogP contribution in [-0.4, -0.2) is 22.3 Å². The predicted octanol–water partition coefficient (Wildman–Crippen LogP) is 4.19. The summed E-state index contributed by atoms with van der Waals surface area (Å²) in [6.45, 7) is 5.71. The molecule has 0 aliphatic rings. The van der Waals surface area contributed by atoms with Crippen molar-refractivity contribution in [1.82, 2.24) is 20.4 Å². The zero-order valence-corrected chi connectivity index (χ0v) is 18.4. The van der Waals surface area contributed by atoms with E-state index in [1.54, 1.807) is 19.2 Å². The fourth-order valence-corrected chi connectivity index (χ4v) is 2.69. The van der Waals surface area contributed by atoms with Crippen molar-refractivity contribution in [1.29, 1.82) is 0 Å². The van der Waals surface area contributed by atoms with Crippen LogP contribution in [0.25, 0.3) is 5.69 Å². The first kappa shape index (κ1) is 21.9. The number of nitrogens with zero attached hydrogens (tertiary/aromatic N) is 3. The third-order valence-electron chi connectivity index (χ3n) is 4.15. The molecule has 1 heterocycles. The maximum atomic E-state index is 13.4. The molecule has 0 saturated heterocycles. The molecule has 0 amide bonds. The van der Waals surface area contributed by atoms with Gasteiger partial charge in [0.05, 0.1) is 12.2 Å². The van der Waals surface area contributed by atoms with E-state index in [1.807, 2.05) is 42.1 Å². The smallest absolute Gasteiger partial charge is 0.191 e. The number of rotatable bonds is 6. The van der Waals surface area contributed by atoms with Crippen LogP contribution in [0, 0.1) is 12.7 Å². The van der Waals surface area contributed by atoms with Crippen LogP contribution >= 0.6 is 24.0 Å². The van der Waals surface area contributed by atoms with Crippen molar-refractivity contribution in [3.8, 4) is 5.69 Å². The minimum Gasteiger partial charge on any atom is -0.357 e. The zero-order chi connectivity index (χ0) is 19.1. The number of guanidine groups is 1. The molecule has 5 nitrogen and oxygen atoms in total. The molecule has 0 unspecified atom stereocenters. The Bertz CT molecular complexity index is 892. The van der Waals surface area contributed by atoms with Gasteiger partial charge in [-0.05, 0) is 54.8 Å². The van der Waals surface area contributed by atoms with Crippen molar-refractivity contribution in [3.63, 3.8) is 0 Å². The zero-order valence-electron chi connectivity index (χ0n) is 16.0. The lowest BCUT2D eigenvalue weighted by atomic mass is 10.1. The minimum absolute atomic E-state index is 0. The first-order chi connectivity index (χ1) is 13.2. The van der Waals surface area contributed by atoms with E-state index in [-0.39, 0.29) is 29.8 Å². The molecule has 0 radical (unpaired) electrons. The van der Waals surface area contributed by atoms with E-state index in [2.05, 4.69) is 32.9 Å². The third kappa shape index (κ3) is 6.05.